The standard InChI is InChI=1S/C12H18N4O2/c1-3-14-10-6-8(2)16-7-9(10)12(18)15-5-4-11(13)17/h6-7H,3-5H2,1-2H3,(H2,13,17)(H,14,16)(H,15,18). The molecule has 6 heteroatoms. The molecule has 1 aromatic rings. The van der Waals surface area contributed by atoms with E-state index in [9.17, 15) is 9.59 Å². The van der Waals surface area contributed by atoms with Crippen molar-refractivity contribution >= 4 is 17.5 Å². The van der Waals surface area contributed by atoms with Crippen molar-refractivity contribution in [3.8, 4) is 0 Å². The van der Waals surface area contributed by atoms with Crippen LogP contribution in [0.3, 0.4) is 0 Å². The second kappa shape index (κ2) is 6.58. The van der Waals surface area contributed by atoms with Crippen molar-refractivity contribution in [2.75, 3.05) is 18.4 Å². The monoisotopic (exact) mass is 250 g/mol. The first-order chi connectivity index (χ1) is 8.54. The number of carbonyl (C=O) groups excluding carboxylic acids is 2. The van der Waals surface area contributed by atoms with Crippen LogP contribution in [0.2, 0.25) is 0 Å². The fourth-order valence-corrected chi connectivity index (χ4v) is 1.47. The first-order valence-electron chi connectivity index (χ1n) is 5.81. The van der Waals surface area contributed by atoms with E-state index in [-0.39, 0.29) is 18.9 Å². The summed E-state index contributed by atoms with van der Waals surface area (Å²) in [5.41, 5.74) is 7.04. The van der Waals surface area contributed by atoms with Gasteiger partial charge in [0.2, 0.25) is 5.91 Å². The highest BCUT2D eigenvalue weighted by molar-refractivity contribution is 5.99. The van der Waals surface area contributed by atoms with Gasteiger partial charge < -0.3 is 16.4 Å². The number of amides is 2. The highest BCUT2D eigenvalue weighted by Crippen LogP contribution is 2.15. The molecular formula is C12H18N4O2. The molecular weight excluding hydrogens is 232 g/mol. The number of rotatable bonds is 6. The van der Waals surface area contributed by atoms with E-state index in [1.807, 2.05) is 19.9 Å². The Labute approximate surface area is 106 Å². The molecule has 0 atom stereocenters. The lowest BCUT2D eigenvalue weighted by Gasteiger charge is -2.11. The molecule has 0 aliphatic carbocycles. The van der Waals surface area contributed by atoms with Crippen molar-refractivity contribution in [2.45, 2.75) is 20.3 Å². The van der Waals surface area contributed by atoms with Crippen LogP contribution in [0, 0.1) is 6.92 Å². The summed E-state index contributed by atoms with van der Waals surface area (Å²) in [5, 5.41) is 5.73. The van der Waals surface area contributed by atoms with Crippen LogP contribution in [-0.2, 0) is 4.79 Å². The smallest absolute Gasteiger partial charge is 0.254 e. The Morgan fingerprint density at radius 1 is 1.44 bits per heavy atom. The number of carbonyl (C=O) groups is 2. The van der Waals surface area contributed by atoms with Crippen LogP contribution < -0.4 is 16.4 Å². The van der Waals surface area contributed by atoms with E-state index in [2.05, 4.69) is 15.6 Å². The Hall–Kier alpha value is -2.11. The van der Waals surface area contributed by atoms with Gasteiger partial charge in [0.05, 0.1) is 11.3 Å². The maximum atomic E-state index is 11.9. The number of aryl methyl sites for hydroxylation is 1. The van der Waals surface area contributed by atoms with E-state index in [1.54, 1.807) is 0 Å². The molecule has 0 saturated carbocycles. The zero-order valence-electron chi connectivity index (χ0n) is 10.6. The molecule has 98 valence electrons. The van der Waals surface area contributed by atoms with Crippen molar-refractivity contribution < 1.29 is 9.59 Å². The summed E-state index contributed by atoms with van der Waals surface area (Å²) in [4.78, 5) is 26.6. The van der Waals surface area contributed by atoms with Crippen molar-refractivity contribution in [2.24, 2.45) is 5.73 Å². The summed E-state index contributed by atoms with van der Waals surface area (Å²) in [6.07, 6.45) is 1.65. The summed E-state index contributed by atoms with van der Waals surface area (Å²) in [5.74, 6) is -0.705. The number of aromatic nitrogens is 1. The number of nitrogens with two attached hydrogens (primary N) is 1. The molecule has 18 heavy (non-hydrogen) atoms. The normalized spacial score (nSPS) is 9.89. The molecule has 0 radical (unpaired) electrons. The summed E-state index contributed by atoms with van der Waals surface area (Å²) in [6, 6.07) is 1.81. The van der Waals surface area contributed by atoms with Gasteiger partial charge >= 0.3 is 0 Å². The van der Waals surface area contributed by atoms with E-state index >= 15 is 0 Å². The molecule has 1 rings (SSSR count). The van der Waals surface area contributed by atoms with Crippen molar-refractivity contribution in [1.82, 2.24) is 10.3 Å². The highest BCUT2D eigenvalue weighted by atomic mass is 16.2. The molecule has 0 aliphatic heterocycles. The van der Waals surface area contributed by atoms with Crippen LogP contribution in [0.15, 0.2) is 12.3 Å². The third kappa shape index (κ3) is 4.04. The molecule has 0 aromatic carbocycles. The molecule has 0 fully saturated rings. The van der Waals surface area contributed by atoms with Crippen LogP contribution >= 0.6 is 0 Å². The third-order valence-electron chi connectivity index (χ3n) is 2.31. The molecule has 0 aliphatic rings. The van der Waals surface area contributed by atoms with Gasteiger partial charge in [0.15, 0.2) is 0 Å². The zero-order valence-corrected chi connectivity index (χ0v) is 10.6. The molecule has 4 N–H and O–H groups in total. The lowest BCUT2D eigenvalue weighted by atomic mass is 10.2. The van der Waals surface area contributed by atoms with E-state index < -0.39 is 5.91 Å². The molecule has 0 saturated heterocycles. The Morgan fingerprint density at radius 3 is 2.78 bits per heavy atom. The van der Waals surface area contributed by atoms with Crippen molar-refractivity contribution in [1.29, 1.82) is 0 Å². The molecule has 1 heterocycles. The van der Waals surface area contributed by atoms with Gasteiger partial charge in [-0.15, -0.1) is 0 Å². The number of pyridine rings is 1. The average Bonchev–Trinajstić information content (AvgIpc) is 2.29. The summed E-state index contributed by atoms with van der Waals surface area (Å²) >= 11 is 0. The zero-order chi connectivity index (χ0) is 13.5. The average molecular weight is 250 g/mol. The van der Waals surface area contributed by atoms with Gasteiger partial charge in [-0.05, 0) is 19.9 Å². The lowest BCUT2D eigenvalue weighted by molar-refractivity contribution is -0.117. The van der Waals surface area contributed by atoms with Gasteiger partial charge in [-0.2, -0.15) is 0 Å². The maximum Gasteiger partial charge on any atom is 0.254 e. The van der Waals surface area contributed by atoms with Gasteiger partial charge in [0.1, 0.15) is 0 Å². The van der Waals surface area contributed by atoms with Gasteiger partial charge in [-0.25, -0.2) is 0 Å². The number of nitrogens with one attached hydrogen (secondary N) is 2. The number of primary amides is 1. The molecule has 2 amide bonds. The Kier molecular flexibility index (Phi) is 5.10. The molecule has 1 aromatic heterocycles. The first-order valence-corrected chi connectivity index (χ1v) is 5.81. The van der Waals surface area contributed by atoms with Gasteiger partial charge in [-0.3, -0.25) is 14.6 Å². The Balaban J connectivity index is 2.74. The van der Waals surface area contributed by atoms with Crippen LogP contribution in [0.1, 0.15) is 29.4 Å². The first kappa shape index (κ1) is 14.0. The number of hydrogen-bond donors (Lipinski definition) is 3. The van der Waals surface area contributed by atoms with Crippen LogP contribution in [0.4, 0.5) is 5.69 Å². The summed E-state index contributed by atoms with van der Waals surface area (Å²) in [7, 11) is 0. The van der Waals surface area contributed by atoms with E-state index in [0.29, 0.717) is 12.1 Å². The molecule has 6 nitrogen and oxygen atoms in total. The second-order valence-corrected chi connectivity index (χ2v) is 3.87. The minimum Gasteiger partial charge on any atom is -0.385 e. The number of anilines is 1. The van der Waals surface area contributed by atoms with Crippen LogP contribution in [-0.4, -0.2) is 29.9 Å². The topological polar surface area (TPSA) is 97.1 Å². The lowest BCUT2D eigenvalue weighted by Crippen LogP contribution is -2.28. The van der Waals surface area contributed by atoms with Crippen molar-refractivity contribution in [3.05, 3.63) is 23.5 Å². The van der Waals surface area contributed by atoms with E-state index in [1.165, 1.54) is 6.20 Å². The predicted octanol–water partition coefficient (Wildman–Crippen LogP) is 0.427. The summed E-state index contributed by atoms with van der Waals surface area (Å²) in [6.45, 7) is 4.75. The number of nitrogens with zero attached hydrogens (tertiary/aromatic N) is 1. The predicted molar refractivity (Wildman–Crippen MR) is 69.3 cm³/mol. The fraction of sp³-hybridized carbons (Fsp3) is 0.417. The number of hydrogen-bond acceptors (Lipinski definition) is 4. The Bertz CT molecular complexity index is 446. The largest absolute Gasteiger partial charge is 0.385 e. The molecule has 0 unspecified atom stereocenters. The fourth-order valence-electron chi connectivity index (χ4n) is 1.47. The quantitative estimate of drug-likeness (QED) is 0.682. The second-order valence-electron chi connectivity index (χ2n) is 3.87. The van der Waals surface area contributed by atoms with E-state index in [0.717, 1.165) is 11.4 Å². The van der Waals surface area contributed by atoms with Crippen LogP contribution in [0.5, 0.6) is 0 Å². The molecule has 0 spiro atoms. The highest BCUT2D eigenvalue weighted by Gasteiger charge is 2.11. The van der Waals surface area contributed by atoms with Crippen LogP contribution in [0.25, 0.3) is 0 Å². The molecule has 0 bridgehead atoms. The van der Waals surface area contributed by atoms with Gasteiger partial charge in [0, 0.05) is 31.4 Å². The van der Waals surface area contributed by atoms with Gasteiger partial charge in [-0.1, -0.05) is 0 Å². The Morgan fingerprint density at radius 2 is 2.17 bits per heavy atom. The van der Waals surface area contributed by atoms with E-state index in [4.69, 9.17) is 5.73 Å². The van der Waals surface area contributed by atoms with Crippen molar-refractivity contribution in [3.63, 3.8) is 0 Å². The maximum absolute atomic E-state index is 11.9. The van der Waals surface area contributed by atoms with Gasteiger partial charge in [0.25, 0.3) is 5.91 Å². The minimum atomic E-state index is -0.441. The SMILES string of the molecule is CCNc1cc(C)ncc1C(=O)NCCC(N)=O. The minimum absolute atomic E-state index is 0.127. The third-order valence-corrected chi connectivity index (χ3v) is 2.31. The summed E-state index contributed by atoms with van der Waals surface area (Å²) < 4.78 is 0.